The van der Waals surface area contributed by atoms with Gasteiger partial charge >= 0.3 is 5.97 Å². The maximum Gasteiger partial charge on any atom is 0.314 e. The van der Waals surface area contributed by atoms with Gasteiger partial charge in [-0.1, -0.05) is 49.3 Å². The molecule has 1 heterocycles. The zero-order chi connectivity index (χ0) is 20.0. The molecular formula is C18H21ClN2O5S. The number of benzene rings is 1. The number of thioether (sulfide) groups is 1. The van der Waals surface area contributed by atoms with Gasteiger partial charge in [-0.15, -0.1) is 0 Å². The zero-order valence-corrected chi connectivity index (χ0v) is 16.6. The van der Waals surface area contributed by atoms with Crippen molar-refractivity contribution in [1.29, 1.82) is 0 Å². The van der Waals surface area contributed by atoms with Crippen LogP contribution in [0.3, 0.4) is 0 Å². The molecule has 7 nitrogen and oxygen atoms in total. The largest absolute Gasteiger partial charge is 0.455 e. The van der Waals surface area contributed by atoms with Crippen LogP contribution in [0, 0.1) is 5.92 Å². The van der Waals surface area contributed by atoms with Crippen molar-refractivity contribution < 1.29 is 23.9 Å². The molecule has 1 aromatic rings. The highest BCUT2D eigenvalue weighted by Crippen LogP contribution is 2.27. The molecule has 146 valence electrons. The first-order valence-corrected chi connectivity index (χ1v) is 9.82. The van der Waals surface area contributed by atoms with Crippen molar-refractivity contribution in [3.8, 4) is 0 Å². The van der Waals surface area contributed by atoms with E-state index in [4.69, 9.17) is 16.3 Å². The van der Waals surface area contributed by atoms with Gasteiger partial charge in [-0.2, -0.15) is 0 Å². The van der Waals surface area contributed by atoms with Crippen molar-refractivity contribution in [3.63, 3.8) is 0 Å². The van der Waals surface area contributed by atoms with Gasteiger partial charge in [-0.25, -0.2) is 0 Å². The van der Waals surface area contributed by atoms with Crippen LogP contribution in [-0.4, -0.2) is 53.4 Å². The first-order chi connectivity index (χ1) is 12.8. The number of carbonyl (C=O) groups excluding carboxylic acids is 4. The lowest BCUT2D eigenvalue weighted by Crippen LogP contribution is -2.39. The summed E-state index contributed by atoms with van der Waals surface area (Å²) < 4.78 is 5.14. The summed E-state index contributed by atoms with van der Waals surface area (Å²) in [4.78, 5) is 48.3. The third-order valence-corrected chi connectivity index (χ3v) is 5.10. The molecule has 0 radical (unpaired) electrons. The van der Waals surface area contributed by atoms with Crippen LogP contribution in [-0.2, 0) is 19.1 Å². The molecule has 2 rings (SSSR count). The standard InChI is InChI=1S/C18H21ClN2O5S/c1-11(2)16(12-3-5-13(19)6-4-12)17(24)26-9-14(22)20-7-8-21-15(23)10-27-18(21)25/h3-6,11,16H,7-10H2,1-2H3,(H,20,22)/t16-/m1/s1. The van der Waals surface area contributed by atoms with E-state index < -0.39 is 24.4 Å². The maximum absolute atomic E-state index is 12.4. The predicted molar refractivity (Wildman–Crippen MR) is 103 cm³/mol. The minimum absolute atomic E-state index is 0.0218. The van der Waals surface area contributed by atoms with Gasteiger partial charge in [-0.3, -0.25) is 24.1 Å². The number of nitrogens with one attached hydrogen (secondary N) is 1. The van der Waals surface area contributed by atoms with Crippen molar-refractivity contribution in [2.75, 3.05) is 25.4 Å². The van der Waals surface area contributed by atoms with Crippen molar-refractivity contribution >= 4 is 46.4 Å². The van der Waals surface area contributed by atoms with Crippen molar-refractivity contribution in [1.82, 2.24) is 10.2 Å². The summed E-state index contributed by atoms with van der Waals surface area (Å²) in [6, 6.07) is 6.92. The van der Waals surface area contributed by atoms with E-state index in [1.54, 1.807) is 24.3 Å². The fourth-order valence-electron chi connectivity index (χ4n) is 2.64. The summed E-state index contributed by atoms with van der Waals surface area (Å²) in [5.41, 5.74) is 0.767. The van der Waals surface area contributed by atoms with Crippen LogP contribution < -0.4 is 5.32 Å². The summed E-state index contributed by atoms with van der Waals surface area (Å²) in [6.45, 7) is 3.57. The van der Waals surface area contributed by atoms with Gasteiger partial charge in [0.1, 0.15) is 0 Å². The van der Waals surface area contributed by atoms with Crippen molar-refractivity contribution in [3.05, 3.63) is 34.9 Å². The van der Waals surface area contributed by atoms with E-state index in [2.05, 4.69) is 5.32 Å². The quantitative estimate of drug-likeness (QED) is 0.659. The third-order valence-electron chi connectivity index (χ3n) is 3.99. The second-order valence-corrected chi connectivity index (χ2v) is 7.69. The normalized spacial score (nSPS) is 15.2. The topological polar surface area (TPSA) is 92.8 Å². The van der Waals surface area contributed by atoms with E-state index in [1.165, 1.54) is 0 Å². The molecule has 0 aromatic heterocycles. The zero-order valence-electron chi connectivity index (χ0n) is 15.1. The molecule has 1 fully saturated rings. The number of ether oxygens (including phenoxy) is 1. The smallest absolute Gasteiger partial charge is 0.314 e. The summed E-state index contributed by atoms with van der Waals surface area (Å²) in [7, 11) is 0. The Morgan fingerprint density at radius 2 is 1.93 bits per heavy atom. The van der Waals surface area contributed by atoms with Gasteiger partial charge < -0.3 is 10.1 Å². The second-order valence-electron chi connectivity index (χ2n) is 6.33. The molecule has 1 atom stereocenters. The molecule has 9 heteroatoms. The van der Waals surface area contributed by atoms with E-state index in [-0.39, 0.29) is 35.9 Å². The first-order valence-electron chi connectivity index (χ1n) is 8.45. The maximum atomic E-state index is 12.4. The van der Waals surface area contributed by atoms with Gasteiger partial charge in [0.15, 0.2) is 6.61 Å². The Morgan fingerprint density at radius 3 is 2.48 bits per heavy atom. The molecule has 0 aliphatic carbocycles. The van der Waals surface area contributed by atoms with Gasteiger partial charge in [-0.05, 0) is 23.6 Å². The predicted octanol–water partition coefficient (Wildman–Crippen LogP) is 2.43. The second kappa shape index (κ2) is 9.75. The highest BCUT2D eigenvalue weighted by Gasteiger charge is 2.29. The van der Waals surface area contributed by atoms with Crippen molar-refractivity contribution in [2.24, 2.45) is 5.92 Å². The Bertz CT molecular complexity index is 707. The highest BCUT2D eigenvalue weighted by molar-refractivity contribution is 8.14. The van der Waals surface area contributed by atoms with Gasteiger partial charge in [0.2, 0.25) is 5.91 Å². The van der Waals surface area contributed by atoms with Crippen LogP contribution >= 0.6 is 23.4 Å². The molecule has 0 spiro atoms. The van der Waals surface area contributed by atoms with Crippen molar-refractivity contribution in [2.45, 2.75) is 19.8 Å². The number of carbonyl (C=O) groups is 4. The van der Waals surface area contributed by atoms with E-state index in [1.807, 2.05) is 13.8 Å². The SMILES string of the molecule is CC(C)[C@@H](C(=O)OCC(=O)NCCN1C(=O)CSC1=O)c1ccc(Cl)cc1. The molecule has 0 unspecified atom stereocenters. The average Bonchev–Trinajstić information content (AvgIpc) is 2.93. The summed E-state index contributed by atoms with van der Waals surface area (Å²) in [5, 5.41) is 2.79. The van der Waals surface area contributed by atoms with Crippen LogP contribution in [0.4, 0.5) is 4.79 Å². The minimum Gasteiger partial charge on any atom is -0.455 e. The lowest BCUT2D eigenvalue weighted by molar-refractivity contribution is -0.151. The Morgan fingerprint density at radius 1 is 1.26 bits per heavy atom. The number of esters is 1. The van der Waals surface area contributed by atoms with E-state index in [0.29, 0.717) is 5.02 Å². The number of rotatable bonds is 8. The monoisotopic (exact) mass is 412 g/mol. The number of nitrogens with zero attached hydrogens (tertiary/aromatic N) is 1. The fraction of sp³-hybridized carbons (Fsp3) is 0.444. The highest BCUT2D eigenvalue weighted by atomic mass is 35.5. The Kier molecular flexibility index (Phi) is 7.67. The van der Waals surface area contributed by atoms with Gasteiger partial charge in [0, 0.05) is 18.1 Å². The van der Waals surface area contributed by atoms with Crippen LogP contribution in [0.25, 0.3) is 0 Å². The van der Waals surface area contributed by atoms with Gasteiger partial charge in [0.05, 0.1) is 11.7 Å². The summed E-state index contributed by atoms with van der Waals surface area (Å²) in [6.07, 6.45) is 0. The molecule has 1 aliphatic rings. The lowest BCUT2D eigenvalue weighted by atomic mass is 9.88. The third kappa shape index (κ3) is 5.97. The molecular weight excluding hydrogens is 392 g/mol. The molecule has 1 aliphatic heterocycles. The number of imide groups is 1. The molecule has 1 aromatic carbocycles. The summed E-state index contributed by atoms with van der Waals surface area (Å²) >= 11 is 6.81. The van der Waals surface area contributed by atoms with Crippen LogP contribution in [0.5, 0.6) is 0 Å². The Hall–Kier alpha value is -2.06. The minimum atomic E-state index is -0.507. The van der Waals surface area contributed by atoms with Crippen LogP contribution in [0.1, 0.15) is 25.3 Å². The van der Waals surface area contributed by atoms with E-state index in [0.717, 1.165) is 22.2 Å². The molecule has 0 saturated carbocycles. The Balaban J connectivity index is 1.80. The lowest BCUT2D eigenvalue weighted by Gasteiger charge is -2.20. The van der Waals surface area contributed by atoms with Crippen LogP contribution in [0.2, 0.25) is 5.02 Å². The molecule has 1 N–H and O–H groups in total. The average molecular weight is 413 g/mol. The van der Waals surface area contributed by atoms with E-state index in [9.17, 15) is 19.2 Å². The van der Waals surface area contributed by atoms with Gasteiger partial charge in [0.25, 0.3) is 11.1 Å². The molecule has 27 heavy (non-hydrogen) atoms. The molecule has 3 amide bonds. The number of hydrogen-bond donors (Lipinski definition) is 1. The number of halogens is 1. The molecule has 1 saturated heterocycles. The number of amides is 3. The molecule has 0 bridgehead atoms. The fourth-order valence-corrected chi connectivity index (χ4v) is 3.52. The first kappa shape index (κ1) is 21.2. The summed E-state index contributed by atoms with van der Waals surface area (Å²) in [5.74, 6) is -1.66. The van der Waals surface area contributed by atoms with E-state index >= 15 is 0 Å². The Labute approximate surface area is 166 Å². The van der Waals surface area contributed by atoms with Crippen LogP contribution in [0.15, 0.2) is 24.3 Å². The number of hydrogen-bond acceptors (Lipinski definition) is 6.